The van der Waals surface area contributed by atoms with Crippen molar-refractivity contribution in [3.05, 3.63) is 80.1 Å². The first-order chi connectivity index (χ1) is 13.3. The lowest BCUT2D eigenvalue weighted by Gasteiger charge is -2.12. The summed E-state index contributed by atoms with van der Waals surface area (Å²) in [5.74, 6) is 0.0722. The van der Waals surface area contributed by atoms with Crippen LogP contribution >= 0.6 is 11.6 Å². The largest absolute Gasteiger partial charge is 0.506 e. The van der Waals surface area contributed by atoms with E-state index in [1.54, 1.807) is 42.1 Å². The number of phenolic OH excluding ortho intramolecular Hbond substituents is 1. The fourth-order valence-corrected chi connectivity index (χ4v) is 3.57. The second-order valence-electron chi connectivity index (χ2n) is 6.81. The zero-order valence-corrected chi connectivity index (χ0v) is 16.4. The fraction of sp³-hybridized carbons (Fsp3) is 0.143. The Morgan fingerprint density at radius 3 is 2.32 bits per heavy atom. The molecule has 28 heavy (non-hydrogen) atoms. The molecule has 0 aliphatic carbocycles. The van der Waals surface area contributed by atoms with Gasteiger partial charge in [-0.1, -0.05) is 29.8 Å². The lowest BCUT2D eigenvalue weighted by atomic mass is 10.1. The predicted octanol–water partition coefficient (Wildman–Crippen LogP) is 3.36. The molecule has 0 aliphatic heterocycles. The summed E-state index contributed by atoms with van der Waals surface area (Å²) in [6.07, 6.45) is 1.70. The van der Waals surface area contributed by atoms with Crippen molar-refractivity contribution < 1.29 is 5.11 Å². The number of benzene rings is 2. The van der Waals surface area contributed by atoms with Gasteiger partial charge >= 0.3 is 5.69 Å². The topological polar surface area (TPSA) is 69.2 Å². The minimum atomic E-state index is -0.411. The molecule has 6 nitrogen and oxygen atoms in total. The summed E-state index contributed by atoms with van der Waals surface area (Å²) >= 11 is 6.04. The third-order valence-corrected chi connectivity index (χ3v) is 5.20. The molecule has 0 spiro atoms. The molecular weight excluding hydrogens is 378 g/mol. The highest BCUT2D eigenvalue weighted by molar-refractivity contribution is 6.30. The summed E-state index contributed by atoms with van der Waals surface area (Å²) in [5, 5.41) is 11.5. The van der Waals surface area contributed by atoms with Crippen LogP contribution in [0.5, 0.6) is 5.75 Å². The van der Waals surface area contributed by atoms with Crippen molar-refractivity contribution in [1.82, 2.24) is 13.7 Å². The van der Waals surface area contributed by atoms with Crippen LogP contribution in [0.25, 0.3) is 27.8 Å². The van der Waals surface area contributed by atoms with Gasteiger partial charge in [-0.15, -0.1) is 0 Å². The van der Waals surface area contributed by atoms with Crippen molar-refractivity contribution >= 4 is 22.5 Å². The van der Waals surface area contributed by atoms with E-state index in [1.807, 2.05) is 25.1 Å². The molecule has 0 fully saturated rings. The van der Waals surface area contributed by atoms with Gasteiger partial charge in [0, 0.05) is 25.3 Å². The Hall–Kier alpha value is -3.25. The van der Waals surface area contributed by atoms with Crippen LogP contribution in [0.2, 0.25) is 5.02 Å². The highest BCUT2D eigenvalue weighted by atomic mass is 35.5. The maximum atomic E-state index is 13.0. The lowest BCUT2D eigenvalue weighted by molar-refractivity contribution is 0.472. The third-order valence-electron chi connectivity index (χ3n) is 4.95. The van der Waals surface area contributed by atoms with E-state index in [1.165, 1.54) is 11.6 Å². The first-order valence-electron chi connectivity index (χ1n) is 8.66. The van der Waals surface area contributed by atoms with Gasteiger partial charge in [-0.2, -0.15) is 0 Å². The van der Waals surface area contributed by atoms with Crippen molar-refractivity contribution in [2.45, 2.75) is 6.92 Å². The van der Waals surface area contributed by atoms with Crippen LogP contribution in [-0.4, -0.2) is 18.8 Å². The molecule has 1 N–H and O–H groups in total. The molecule has 0 radical (unpaired) electrons. The number of fused-ring (bicyclic) bond motifs is 1. The van der Waals surface area contributed by atoms with Gasteiger partial charge < -0.3 is 9.67 Å². The third kappa shape index (κ3) is 2.65. The van der Waals surface area contributed by atoms with E-state index in [2.05, 4.69) is 0 Å². The summed E-state index contributed by atoms with van der Waals surface area (Å²) in [6, 6.07) is 12.3. The average molecular weight is 396 g/mol. The van der Waals surface area contributed by atoms with Crippen LogP contribution in [0, 0.1) is 6.92 Å². The molecule has 4 rings (SSSR count). The number of aromatic nitrogens is 3. The molecule has 2 heterocycles. The van der Waals surface area contributed by atoms with E-state index in [0.717, 1.165) is 15.7 Å². The molecule has 7 heteroatoms. The quantitative estimate of drug-likeness (QED) is 0.565. The van der Waals surface area contributed by atoms with Gasteiger partial charge in [-0.3, -0.25) is 13.9 Å². The Kier molecular flexibility index (Phi) is 4.16. The highest BCUT2D eigenvalue weighted by Gasteiger charge is 2.21. The van der Waals surface area contributed by atoms with Gasteiger partial charge in [-0.05, 0) is 42.3 Å². The van der Waals surface area contributed by atoms with E-state index in [-0.39, 0.29) is 5.75 Å². The number of aromatic hydroxyl groups is 1. The van der Waals surface area contributed by atoms with Crippen molar-refractivity contribution in [2.24, 2.45) is 14.1 Å². The number of aryl methyl sites for hydroxylation is 2. The minimum Gasteiger partial charge on any atom is -0.506 e. The maximum absolute atomic E-state index is 13.0. The number of nitrogens with zero attached hydrogens (tertiary/aromatic N) is 3. The molecule has 0 bridgehead atoms. The standard InChI is InChI=1S/C21H18ClN3O3/c1-12-4-9-17(26)15(10-12)25-11-16-18(20(27)24(3)21(28)23(16)2)19(25)13-5-7-14(22)8-6-13/h4-11,26H,1-3H3. The monoisotopic (exact) mass is 395 g/mol. The molecule has 0 amide bonds. The molecule has 0 saturated carbocycles. The predicted molar refractivity (Wildman–Crippen MR) is 111 cm³/mol. The fourth-order valence-electron chi connectivity index (χ4n) is 3.45. The number of rotatable bonds is 2. The van der Waals surface area contributed by atoms with Crippen LogP contribution in [0.1, 0.15) is 5.56 Å². The summed E-state index contributed by atoms with van der Waals surface area (Å²) < 4.78 is 4.26. The maximum Gasteiger partial charge on any atom is 0.330 e. The first kappa shape index (κ1) is 18.1. The van der Waals surface area contributed by atoms with E-state index >= 15 is 0 Å². The molecule has 0 saturated heterocycles. The Morgan fingerprint density at radius 1 is 0.964 bits per heavy atom. The molecule has 0 atom stereocenters. The number of halogens is 1. The molecule has 4 aromatic rings. The molecule has 2 aromatic heterocycles. The Bertz CT molecular complexity index is 1340. The average Bonchev–Trinajstić information content (AvgIpc) is 3.07. The van der Waals surface area contributed by atoms with Crippen LogP contribution in [0.3, 0.4) is 0 Å². The van der Waals surface area contributed by atoms with Gasteiger partial charge in [0.15, 0.2) is 0 Å². The molecular formula is C21H18ClN3O3. The zero-order valence-electron chi connectivity index (χ0n) is 15.6. The van der Waals surface area contributed by atoms with E-state index < -0.39 is 11.2 Å². The van der Waals surface area contributed by atoms with Gasteiger partial charge in [0.05, 0.1) is 22.3 Å². The summed E-state index contributed by atoms with van der Waals surface area (Å²) in [6.45, 7) is 1.92. The smallest absolute Gasteiger partial charge is 0.330 e. The van der Waals surface area contributed by atoms with Gasteiger partial charge in [0.25, 0.3) is 5.56 Å². The lowest BCUT2D eigenvalue weighted by Crippen LogP contribution is -2.36. The van der Waals surface area contributed by atoms with Gasteiger partial charge in [0.2, 0.25) is 0 Å². The first-order valence-corrected chi connectivity index (χ1v) is 9.04. The van der Waals surface area contributed by atoms with Crippen LogP contribution in [0.4, 0.5) is 0 Å². The van der Waals surface area contributed by atoms with E-state index in [4.69, 9.17) is 11.6 Å². The van der Waals surface area contributed by atoms with Crippen LogP contribution in [-0.2, 0) is 14.1 Å². The zero-order chi connectivity index (χ0) is 20.2. The molecule has 142 valence electrons. The molecule has 0 unspecified atom stereocenters. The Balaban J connectivity index is 2.23. The van der Waals surface area contributed by atoms with E-state index in [0.29, 0.717) is 27.3 Å². The summed E-state index contributed by atoms with van der Waals surface area (Å²) in [5.41, 5.74) is 2.49. The van der Waals surface area contributed by atoms with Crippen molar-refractivity contribution in [3.8, 4) is 22.7 Å². The van der Waals surface area contributed by atoms with Gasteiger partial charge in [0.1, 0.15) is 5.75 Å². The highest BCUT2D eigenvalue weighted by Crippen LogP contribution is 2.34. The second-order valence-corrected chi connectivity index (χ2v) is 7.25. The van der Waals surface area contributed by atoms with E-state index in [9.17, 15) is 14.7 Å². The Morgan fingerprint density at radius 2 is 1.64 bits per heavy atom. The molecule has 2 aromatic carbocycles. The molecule has 0 aliphatic rings. The number of hydrogen-bond acceptors (Lipinski definition) is 3. The van der Waals surface area contributed by atoms with Crippen molar-refractivity contribution in [1.29, 1.82) is 0 Å². The SMILES string of the molecule is Cc1ccc(O)c(-n2cc3c(c2-c2ccc(Cl)cc2)c(=O)n(C)c(=O)n3C)c1. The van der Waals surface area contributed by atoms with Crippen molar-refractivity contribution in [2.75, 3.05) is 0 Å². The van der Waals surface area contributed by atoms with Crippen molar-refractivity contribution in [3.63, 3.8) is 0 Å². The van der Waals surface area contributed by atoms with Crippen LogP contribution in [0.15, 0.2) is 58.3 Å². The minimum absolute atomic E-state index is 0.0722. The summed E-state index contributed by atoms with van der Waals surface area (Å²) in [7, 11) is 3.08. The van der Waals surface area contributed by atoms with Crippen LogP contribution < -0.4 is 11.2 Å². The number of phenols is 1. The van der Waals surface area contributed by atoms with Gasteiger partial charge in [-0.25, -0.2) is 4.79 Å². The Labute approximate surface area is 165 Å². The number of hydrogen-bond donors (Lipinski definition) is 1. The second kappa shape index (κ2) is 6.42. The summed E-state index contributed by atoms with van der Waals surface area (Å²) in [4.78, 5) is 25.4. The normalized spacial score (nSPS) is 11.3.